The van der Waals surface area contributed by atoms with E-state index in [1.54, 1.807) is 11.3 Å². The van der Waals surface area contributed by atoms with Crippen molar-refractivity contribution in [3.63, 3.8) is 0 Å². The van der Waals surface area contributed by atoms with Crippen LogP contribution >= 0.6 is 11.3 Å². The molecule has 0 saturated carbocycles. The maximum Gasteiger partial charge on any atom is 0.208 e. The number of aromatic nitrogens is 2. The summed E-state index contributed by atoms with van der Waals surface area (Å²) < 4.78 is 0. The quantitative estimate of drug-likeness (QED) is 0.695. The van der Waals surface area contributed by atoms with Crippen LogP contribution in [-0.4, -0.2) is 48.3 Å². The Morgan fingerprint density at radius 1 is 1.14 bits per heavy atom. The zero-order chi connectivity index (χ0) is 9.97. The van der Waals surface area contributed by atoms with E-state index >= 15 is 0 Å². The highest BCUT2D eigenvalue weighted by Crippen LogP contribution is 2.20. The minimum atomic E-state index is 1.05. The van der Waals surface area contributed by atoms with Crippen LogP contribution in [-0.2, 0) is 0 Å². The lowest BCUT2D eigenvalue weighted by Crippen LogP contribution is -2.28. The van der Waals surface area contributed by atoms with Crippen LogP contribution < -0.4 is 4.90 Å². The Bertz CT molecular complexity index is 299. The number of likely N-dealkylation sites (N-methyl/N-ethyl adjacent to an activating group) is 1. The summed E-state index contributed by atoms with van der Waals surface area (Å²) in [6, 6.07) is 0. The third kappa shape index (κ3) is 2.22. The summed E-state index contributed by atoms with van der Waals surface area (Å²) in [4.78, 5) is 4.71. The van der Waals surface area contributed by atoms with Crippen molar-refractivity contribution in [2.24, 2.45) is 0 Å². The minimum Gasteiger partial charge on any atom is -0.345 e. The number of anilines is 1. The van der Waals surface area contributed by atoms with Gasteiger partial charge in [-0.25, -0.2) is 0 Å². The van der Waals surface area contributed by atoms with Crippen molar-refractivity contribution in [2.45, 2.75) is 13.3 Å². The maximum absolute atomic E-state index is 4.18. The summed E-state index contributed by atoms with van der Waals surface area (Å²) in [5.41, 5.74) is 0. The average Bonchev–Trinajstić information content (AvgIpc) is 2.46. The molecule has 1 aromatic rings. The topological polar surface area (TPSA) is 32.3 Å². The Balaban J connectivity index is 2.04. The predicted octanol–water partition coefficient (Wildman–Crippen LogP) is 0.988. The molecule has 0 atom stereocenters. The van der Waals surface area contributed by atoms with Crippen molar-refractivity contribution in [2.75, 3.05) is 38.1 Å². The second-order valence-corrected chi connectivity index (χ2v) is 4.91. The van der Waals surface area contributed by atoms with E-state index in [0.717, 1.165) is 29.8 Å². The molecule has 0 aliphatic carbocycles. The molecule has 0 bridgehead atoms. The fourth-order valence-electron chi connectivity index (χ4n) is 1.65. The lowest BCUT2D eigenvalue weighted by molar-refractivity contribution is 0.360. The van der Waals surface area contributed by atoms with Crippen molar-refractivity contribution >= 4 is 16.5 Å². The second kappa shape index (κ2) is 4.23. The summed E-state index contributed by atoms with van der Waals surface area (Å²) in [7, 11) is 2.18. The monoisotopic (exact) mass is 212 g/mol. The molecular formula is C9H16N4S. The van der Waals surface area contributed by atoms with Gasteiger partial charge in [-0.2, -0.15) is 0 Å². The molecule has 2 rings (SSSR count). The molecule has 0 unspecified atom stereocenters. The number of nitrogens with zero attached hydrogens (tertiary/aromatic N) is 4. The van der Waals surface area contributed by atoms with Crippen LogP contribution in [0.15, 0.2) is 0 Å². The van der Waals surface area contributed by atoms with E-state index in [1.807, 2.05) is 6.92 Å². The molecule has 1 aromatic heterocycles. The van der Waals surface area contributed by atoms with Gasteiger partial charge in [-0.15, -0.1) is 10.2 Å². The molecule has 0 amide bonds. The fraction of sp³-hybridized carbons (Fsp3) is 0.778. The molecule has 0 N–H and O–H groups in total. The van der Waals surface area contributed by atoms with Crippen molar-refractivity contribution in [1.29, 1.82) is 0 Å². The van der Waals surface area contributed by atoms with Crippen LogP contribution in [0.2, 0.25) is 0 Å². The zero-order valence-electron chi connectivity index (χ0n) is 8.73. The van der Waals surface area contributed by atoms with Crippen molar-refractivity contribution in [3.8, 4) is 0 Å². The Morgan fingerprint density at radius 2 is 2.00 bits per heavy atom. The van der Waals surface area contributed by atoms with Gasteiger partial charge in [0.15, 0.2) is 0 Å². The molecule has 0 aromatic carbocycles. The Kier molecular flexibility index (Phi) is 2.98. The van der Waals surface area contributed by atoms with Gasteiger partial charge in [-0.05, 0) is 26.9 Å². The molecule has 2 heterocycles. The van der Waals surface area contributed by atoms with Crippen LogP contribution in [0.5, 0.6) is 0 Å². The smallest absolute Gasteiger partial charge is 0.208 e. The van der Waals surface area contributed by atoms with Crippen molar-refractivity contribution in [3.05, 3.63) is 5.01 Å². The molecule has 1 aliphatic rings. The highest BCUT2D eigenvalue weighted by atomic mass is 32.1. The van der Waals surface area contributed by atoms with E-state index in [-0.39, 0.29) is 0 Å². The largest absolute Gasteiger partial charge is 0.345 e. The fourth-order valence-corrected chi connectivity index (χ4v) is 2.39. The summed E-state index contributed by atoms with van der Waals surface area (Å²) >= 11 is 1.69. The highest BCUT2D eigenvalue weighted by molar-refractivity contribution is 7.15. The molecule has 5 heteroatoms. The van der Waals surface area contributed by atoms with E-state index in [0.29, 0.717) is 0 Å². The van der Waals surface area contributed by atoms with Crippen molar-refractivity contribution < 1.29 is 0 Å². The van der Waals surface area contributed by atoms with E-state index in [1.165, 1.54) is 13.0 Å². The molecule has 1 saturated heterocycles. The van der Waals surface area contributed by atoms with Crippen molar-refractivity contribution in [1.82, 2.24) is 15.1 Å². The summed E-state index contributed by atoms with van der Waals surface area (Å²) in [5, 5.41) is 10.4. The first-order valence-corrected chi connectivity index (χ1v) is 5.81. The molecule has 0 spiro atoms. The molecule has 1 fully saturated rings. The van der Waals surface area contributed by atoms with Gasteiger partial charge >= 0.3 is 0 Å². The van der Waals surface area contributed by atoms with Crippen LogP contribution in [0.25, 0.3) is 0 Å². The highest BCUT2D eigenvalue weighted by Gasteiger charge is 2.15. The van der Waals surface area contributed by atoms with Gasteiger partial charge in [0, 0.05) is 19.6 Å². The predicted molar refractivity (Wildman–Crippen MR) is 59.0 cm³/mol. The van der Waals surface area contributed by atoms with Crippen LogP contribution in [0.3, 0.4) is 0 Å². The normalized spacial score (nSPS) is 19.7. The third-order valence-electron chi connectivity index (χ3n) is 2.51. The minimum absolute atomic E-state index is 1.05. The summed E-state index contributed by atoms with van der Waals surface area (Å²) in [6.45, 7) is 6.50. The Labute approximate surface area is 88.5 Å². The number of hydrogen-bond donors (Lipinski definition) is 0. The lowest BCUT2D eigenvalue weighted by Gasteiger charge is -2.18. The second-order valence-electron chi connectivity index (χ2n) is 3.75. The van der Waals surface area contributed by atoms with Gasteiger partial charge in [-0.1, -0.05) is 11.3 Å². The third-order valence-corrected chi connectivity index (χ3v) is 3.40. The van der Waals surface area contributed by atoms with Gasteiger partial charge in [0.05, 0.1) is 0 Å². The average molecular weight is 212 g/mol. The summed E-state index contributed by atoms with van der Waals surface area (Å²) in [5.74, 6) is 0. The SMILES string of the molecule is Cc1nnc(N2CCCN(C)CC2)s1. The van der Waals surface area contributed by atoms with Gasteiger partial charge in [0.1, 0.15) is 5.01 Å². The maximum atomic E-state index is 4.18. The summed E-state index contributed by atoms with van der Waals surface area (Å²) in [6.07, 6.45) is 1.22. The van der Waals surface area contributed by atoms with Crippen LogP contribution in [0.1, 0.15) is 11.4 Å². The van der Waals surface area contributed by atoms with Gasteiger partial charge in [0.2, 0.25) is 5.13 Å². The first-order chi connectivity index (χ1) is 6.75. The van der Waals surface area contributed by atoms with E-state index in [9.17, 15) is 0 Å². The lowest BCUT2D eigenvalue weighted by atomic mass is 10.4. The van der Waals surface area contributed by atoms with Crippen LogP contribution in [0.4, 0.5) is 5.13 Å². The molecule has 1 aliphatic heterocycles. The van der Waals surface area contributed by atoms with E-state index in [2.05, 4.69) is 27.0 Å². The van der Waals surface area contributed by atoms with Gasteiger partial charge in [-0.3, -0.25) is 0 Å². The number of rotatable bonds is 1. The molecule has 4 nitrogen and oxygen atoms in total. The van der Waals surface area contributed by atoms with Gasteiger partial charge in [0.25, 0.3) is 0 Å². The Morgan fingerprint density at radius 3 is 2.71 bits per heavy atom. The zero-order valence-corrected chi connectivity index (χ0v) is 9.55. The molecule has 78 valence electrons. The standard InChI is InChI=1S/C9H16N4S/c1-8-10-11-9(14-8)13-5-3-4-12(2)6-7-13/h3-7H2,1-2H3. The first kappa shape index (κ1) is 9.86. The molecule has 0 radical (unpaired) electrons. The first-order valence-electron chi connectivity index (χ1n) is 4.99. The van der Waals surface area contributed by atoms with E-state index < -0.39 is 0 Å². The van der Waals surface area contributed by atoms with Crippen LogP contribution in [0, 0.1) is 6.92 Å². The molecule has 14 heavy (non-hydrogen) atoms. The molecular weight excluding hydrogens is 196 g/mol. The number of aryl methyl sites for hydroxylation is 1. The Hall–Kier alpha value is -0.680. The van der Waals surface area contributed by atoms with E-state index in [4.69, 9.17) is 0 Å². The number of hydrogen-bond acceptors (Lipinski definition) is 5. The van der Waals surface area contributed by atoms with Gasteiger partial charge < -0.3 is 9.80 Å².